The number of carboxylic acid groups (broad SMARTS) is 1. The first kappa shape index (κ1) is 11.8. The van der Waals surface area contributed by atoms with Crippen LogP contribution >= 0.6 is 0 Å². The highest BCUT2D eigenvalue weighted by atomic mass is 19.1. The summed E-state index contributed by atoms with van der Waals surface area (Å²) in [6, 6.07) is -0.217. The highest BCUT2D eigenvalue weighted by Gasteiger charge is 2.45. The van der Waals surface area contributed by atoms with Crippen molar-refractivity contribution in [1.29, 1.82) is 0 Å². The summed E-state index contributed by atoms with van der Waals surface area (Å²) in [5, 5.41) is 12.2. The summed E-state index contributed by atoms with van der Waals surface area (Å²) in [5.74, 6) is -1.07. The van der Waals surface area contributed by atoms with Crippen molar-refractivity contribution >= 4 is 11.9 Å². The molecule has 2 unspecified atom stereocenters. The molecule has 6 heteroatoms. The van der Waals surface area contributed by atoms with Crippen LogP contribution in [0.5, 0.6) is 0 Å². The third kappa shape index (κ3) is 2.20. The average Bonchev–Trinajstić information content (AvgIpc) is 2.65. The molecule has 2 N–H and O–H groups in total. The molecule has 0 aromatic carbocycles. The Kier molecular flexibility index (Phi) is 2.95. The van der Waals surface area contributed by atoms with Gasteiger partial charge in [-0.25, -0.2) is 14.4 Å². The first-order chi connectivity index (χ1) is 8.02. The number of aromatic nitrogens is 2. The Morgan fingerprint density at radius 3 is 2.82 bits per heavy atom. The molecule has 1 aliphatic rings. The van der Waals surface area contributed by atoms with Gasteiger partial charge in [0.2, 0.25) is 5.95 Å². The number of nitrogens with zero attached hydrogens (tertiary/aromatic N) is 2. The van der Waals surface area contributed by atoms with Crippen molar-refractivity contribution in [2.24, 2.45) is 5.41 Å². The van der Waals surface area contributed by atoms with Crippen LogP contribution in [0.15, 0.2) is 12.4 Å². The molecule has 1 aliphatic carbocycles. The standard InChI is InChI=1S/C11H14FN3O2/c1-11(9(16)17)4-2-3-8(11)15-10-13-5-7(12)6-14-10/h5-6,8H,2-4H2,1H3,(H,16,17)(H,13,14,15). The minimum Gasteiger partial charge on any atom is -0.481 e. The van der Waals surface area contributed by atoms with Crippen LogP contribution in [0.1, 0.15) is 26.2 Å². The van der Waals surface area contributed by atoms with Crippen LogP contribution in [0.25, 0.3) is 0 Å². The predicted molar refractivity (Wildman–Crippen MR) is 59.0 cm³/mol. The van der Waals surface area contributed by atoms with Crippen molar-refractivity contribution in [3.63, 3.8) is 0 Å². The second kappa shape index (κ2) is 4.27. The van der Waals surface area contributed by atoms with Crippen molar-refractivity contribution in [2.75, 3.05) is 5.32 Å². The molecule has 2 rings (SSSR count). The molecule has 0 aliphatic heterocycles. The van der Waals surface area contributed by atoms with Crippen LogP contribution in [-0.4, -0.2) is 27.1 Å². The second-order valence-corrected chi connectivity index (χ2v) is 4.54. The molecule has 17 heavy (non-hydrogen) atoms. The van der Waals surface area contributed by atoms with Crippen LogP contribution in [0.3, 0.4) is 0 Å². The summed E-state index contributed by atoms with van der Waals surface area (Å²) in [6.45, 7) is 1.71. The molecule has 0 radical (unpaired) electrons. The van der Waals surface area contributed by atoms with E-state index in [4.69, 9.17) is 0 Å². The number of carboxylic acids is 1. The second-order valence-electron chi connectivity index (χ2n) is 4.54. The van der Waals surface area contributed by atoms with Crippen molar-refractivity contribution in [3.8, 4) is 0 Å². The lowest BCUT2D eigenvalue weighted by atomic mass is 9.85. The van der Waals surface area contributed by atoms with E-state index in [1.165, 1.54) is 0 Å². The van der Waals surface area contributed by atoms with Gasteiger partial charge in [-0.15, -0.1) is 0 Å². The van der Waals surface area contributed by atoms with Crippen LogP contribution < -0.4 is 5.32 Å². The zero-order valence-electron chi connectivity index (χ0n) is 9.48. The summed E-state index contributed by atoms with van der Waals surface area (Å²) < 4.78 is 12.6. The fraction of sp³-hybridized carbons (Fsp3) is 0.545. The molecule has 1 aromatic heterocycles. The van der Waals surface area contributed by atoms with Gasteiger partial charge in [-0.1, -0.05) is 6.42 Å². The third-order valence-electron chi connectivity index (χ3n) is 3.37. The van der Waals surface area contributed by atoms with E-state index in [0.717, 1.165) is 25.2 Å². The Morgan fingerprint density at radius 1 is 1.59 bits per heavy atom. The van der Waals surface area contributed by atoms with Crippen molar-refractivity contribution in [2.45, 2.75) is 32.2 Å². The van der Waals surface area contributed by atoms with E-state index in [-0.39, 0.29) is 12.0 Å². The topological polar surface area (TPSA) is 75.1 Å². The quantitative estimate of drug-likeness (QED) is 0.839. The average molecular weight is 239 g/mol. The number of rotatable bonds is 3. The van der Waals surface area contributed by atoms with Gasteiger partial charge in [0.05, 0.1) is 17.8 Å². The molecule has 1 aromatic rings. The third-order valence-corrected chi connectivity index (χ3v) is 3.37. The first-order valence-corrected chi connectivity index (χ1v) is 5.50. The zero-order chi connectivity index (χ0) is 12.5. The maximum atomic E-state index is 12.6. The Morgan fingerprint density at radius 2 is 2.24 bits per heavy atom. The number of aliphatic carboxylic acids is 1. The Hall–Kier alpha value is -1.72. The number of hydrogen-bond acceptors (Lipinski definition) is 4. The molecule has 0 saturated heterocycles. The fourth-order valence-electron chi connectivity index (χ4n) is 2.20. The Balaban J connectivity index is 2.13. The minimum atomic E-state index is -0.824. The van der Waals surface area contributed by atoms with E-state index in [9.17, 15) is 14.3 Å². The summed E-state index contributed by atoms with van der Waals surface area (Å²) in [6.07, 6.45) is 4.34. The Bertz CT molecular complexity index is 423. The van der Waals surface area contributed by atoms with Crippen molar-refractivity contribution < 1.29 is 14.3 Å². The molecule has 1 fully saturated rings. The number of carbonyl (C=O) groups is 1. The molecule has 0 bridgehead atoms. The number of nitrogens with one attached hydrogen (secondary N) is 1. The smallest absolute Gasteiger partial charge is 0.311 e. The molecule has 0 spiro atoms. The fourth-order valence-corrected chi connectivity index (χ4v) is 2.20. The lowest BCUT2D eigenvalue weighted by molar-refractivity contribution is -0.147. The maximum Gasteiger partial charge on any atom is 0.311 e. The van der Waals surface area contributed by atoms with Gasteiger partial charge in [-0.05, 0) is 19.8 Å². The van der Waals surface area contributed by atoms with Gasteiger partial charge in [0, 0.05) is 6.04 Å². The number of anilines is 1. The molecule has 0 amide bonds. The van der Waals surface area contributed by atoms with E-state index in [1.807, 2.05) is 0 Å². The number of halogens is 1. The van der Waals surface area contributed by atoms with Gasteiger partial charge < -0.3 is 10.4 Å². The highest BCUT2D eigenvalue weighted by Crippen LogP contribution is 2.39. The summed E-state index contributed by atoms with van der Waals surface area (Å²) in [5.41, 5.74) is -0.808. The molecule has 5 nitrogen and oxygen atoms in total. The molecule has 1 heterocycles. The highest BCUT2D eigenvalue weighted by molar-refractivity contribution is 5.76. The molecule has 2 atom stereocenters. The van der Waals surface area contributed by atoms with Crippen LogP contribution in [0.4, 0.5) is 10.3 Å². The van der Waals surface area contributed by atoms with E-state index in [1.54, 1.807) is 6.92 Å². The van der Waals surface area contributed by atoms with E-state index in [2.05, 4.69) is 15.3 Å². The van der Waals surface area contributed by atoms with E-state index >= 15 is 0 Å². The van der Waals surface area contributed by atoms with Gasteiger partial charge in [0.1, 0.15) is 0 Å². The normalized spacial score (nSPS) is 28.0. The van der Waals surface area contributed by atoms with Crippen LogP contribution in [0, 0.1) is 11.2 Å². The lowest BCUT2D eigenvalue weighted by Gasteiger charge is -2.27. The molecule has 92 valence electrons. The zero-order valence-corrected chi connectivity index (χ0v) is 9.48. The molecular formula is C11H14FN3O2. The molecular weight excluding hydrogens is 225 g/mol. The van der Waals surface area contributed by atoms with E-state index < -0.39 is 17.2 Å². The maximum absolute atomic E-state index is 12.6. The van der Waals surface area contributed by atoms with Gasteiger partial charge in [-0.3, -0.25) is 4.79 Å². The summed E-state index contributed by atoms with van der Waals surface area (Å²) >= 11 is 0. The summed E-state index contributed by atoms with van der Waals surface area (Å²) in [4.78, 5) is 18.8. The minimum absolute atomic E-state index is 0.217. The predicted octanol–water partition coefficient (Wildman–Crippen LogP) is 1.67. The van der Waals surface area contributed by atoms with Gasteiger partial charge in [0.25, 0.3) is 0 Å². The largest absolute Gasteiger partial charge is 0.481 e. The number of hydrogen-bond donors (Lipinski definition) is 2. The first-order valence-electron chi connectivity index (χ1n) is 5.50. The SMILES string of the molecule is CC1(C(=O)O)CCCC1Nc1ncc(F)cn1. The lowest BCUT2D eigenvalue weighted by Crippen LogP contribution is -2.40. The van der Waals surface area contributed by atoms with Gasteiger partial charge >= 0.3 is 5.97 Å². The summed E-state index contributed by atoms with van der Waals surface area (Å²) in [7, 11) is 0. The Labute approximate surface area is 98.1 Å². The van der Waals surface area contributed by atoms with Crippen molar-refractivity contribution in [3.05, 3.63) is 18.2 Å². The van der Waals surface area contributed by atoms with Crippen molar-refractivity contribution in [1.82, 2.24) is 9.97 Å². The van der Waals surface area contributed by atoms with Crippen LogP contribution in [-0.2, 0) is 4.79 Å². The van der Waals surface area contributed by atoms with Crippen LogP contribution in [0.2, 0.25) is 0 Å². The van der Waals surface area contributed by atoms with Gasteiger partial charge in [0.15, 0.2) is 5.82 Å². The van der Waals surface area contributed by atoms with Gasteiger partial charge in [-0.2, -0.15) is 0 Å². The molecule has 1 saturated carbocycles. The monoisotopic (exact) mass is 239 g/mol. The van der Waals surface area contributed by atoms with E-state index in [0.29, 0.717) is 6.42 Å².